The molecular weight excluding hydrogens is 330 g/mol. The summed E-state index contributed by atoms with van der Waals surface area (Å²) in [4.78, 5) is 15.9. The minimum Gasteiger partial charge on any atom is -0.382 e. The van der Waals surface area contributed by atoms with Crippen molar-refractivity contribution in [3.05, 3.63) is 36.5 Å². The van der Waals surface area contributed by atoms with E-state index in [2.05, 4.69) is 26.0 Å². The predicted molar refractivity (Wildman–Crippen MR) is 103 cm³/mol. The van der Waals surface area contributed by atoms with E-state index in [0.29, 0.717) is 29.7 Å². The molecule has 1 aliphatic rings. The van der Waals surface area contributed by atoms with Gasteiger partial charge in [-0.3, -0.25) is 4.79 Å². The van der Waals surface area contributed by atoms with Gasteiger partial charge in [0.15, 0.2) is 11.5 Å². The fraction of sp³-hybridized carbons (Fsp3) is 0.278. The van der Waals surface area contributed by atoms with Gasteiger partial charge in [-0.05, 0) is 31.0 Å². The van der Waals surface area contributed by atoms with Gasteiger partial charge in [0, 0.05) is 29.9 Å². The number of imidazole rings is 1. The van der Waals surface area contributed by atoms with Crippen LogP contribution in [-0.2, 0) is 4.79 Å². The van der Waals surface area contributed by atoms with E-state index in [0.717, 1.165) is 29.9 Å². The molecule has 4 rings (SSSR count). The monoisotopic (exact) mass is 351 g/mol. The van der Waals surface area contributed by atoms with Crippen LogP contribution in [0, 0.1) is 0 Å². The van der Waals surface area contributed by atoms with Crippen LogP contribution in [0.1, 0.15) is 26.2 Å². The van der Waals surface area contributed by atoms with Crippen molar-refractivity contribution in [1.29, 1.82) is 0 Å². The largest absolute Gasteiger partial charge is 0.382 e. The number of nitrogens with zero attached hydrogens (tertiary/aromatic N) is 3. The number of rotatable bonds is 6. The molecule has 0 saturated heterocycles. The maximum atomic E-state index is 11.6. The van der Waals surface area contributed by atoms with Gasteiger partial charge in [-0.15, -0.1) is 5.10 Å². The van der Waals surface area contributed by atoms with Crippen LogP contribution in [0.4, 0.5) is 28.7 Å². The van der Waals surface area contributed by atoms with Gasteiger partial charge in [0.2, 0.25) is 5.91 Å². The Bertz CT molecular complexity index is 961. The third-order valence-electron chi connectivity index (χ3n) is 4.17. The van der Waals surface area contributed by atoms with Gasteiger partial charge in [-0.2, -0.15) is 4.52 Å². The SMILES string of the molecule is CCC(=O)Nc1cccc(Nc2cc(NC3CC3)c3ncc(N)n3n2)c1. The minimum absolute atomic E-state index is 0.0243. The molecule has 1 fully saturated rings. The second-order valence-corrected chi connectivity index (χ2v) is 6.39. The van der Waals surface area contributed by atoms with E-state index in [4.69, 9.17) is 5.73 Å². The van der Waals surface area contributed by atoms with Crippen molar-refractivity contribution in [3.63, 3.8) is 0 Å². The lowest BCUT2D eigenvalue weighted by Gasteiger charge is -2.12. The highest BCUT2D eigenvalue weighted by atomic mass is 16.1. The average molecular weight is 351 g/mol. The Hall–Kier alpha value is -3.29. The number of nitrogens with two attached hydrogens (primary N) is 1. The predicted octanol–water partition coefficient (Wildman–Crippen LogP) is 2.98. The smallest absolute Gasteiger partial charge is 0.224 e. The molecule has 1 saturated carbocycles. The van der Waals surface area contributed by atoms with Crippen LogP contribution in [0.25, 0.3) is 5.65 Å². The molecule has 3 aromatic rings. The molecule has 134 valence electrons. The highest BCUT2D eigenvalue weighted by Gasteiger charge is 2.23. The van der Waals surface area contributed by atoms with Crippen LogP contribution >= 0.6 is 0 Å². The maximum Gasteiger partial charge on any atom is 0.224 e. The Morgan fingerprint density at radius 2 is 2.12 bits per heavy atom. The van der Waals surface area contributed by atoms with Crippen molar-refractivity contribution in [2.24, 2.45) is 0 Å². The Kier molecular flexibility index (Phi) is 4.08. The topological polar surface area (TPSA) is 109 Å². The van der Waals surface area contributed by atoms with Crippen molar-refractivity contribution in [2.75, 3.05) is 21.7 Å². The molecule has 0 radical (unpaired) electrons. The van der Waals surface area contributed by atoms with Crippen LogP contribution in [-0.4, -0.2) is 26.5 Å². The molecule has 0 atom stereocenters. The number of nitrogens with one attached hydrogen (secondary N) is 3. The molecule has 1 aromatic carbocycles. The van der Waals surface area contributed by atoms with Crippen molar-refractivity contribution < 1.29 is 4.79 Å². The first kappa shape index (κ1) is 16.2. The third-order valence-corrected chi connectivity index (χ3v) is 4.17. The summed E-state index contributed by atoms with van der Waals surface area (Å²) in [5.41, 5.74) is 9.15. The van der Waals surface area contributed by atoms with Crippen LogP contribution in [0.15, 0.2) is 36.5 Å². The number of hydrogen-bond donors (Lipinski definition) is 4. The Balaban J connectivity index is 1.63. The van der Waals surface area contributed by atoms with Crippen LogP contribution in [0.2, 0.25) is 0 Å². The molecule has 8 heteroatoms. The van der Waals surface area contributed by atoms with Gasteiger partial charge in [0.05, 0.1) is 11.9 Å². The summed E-state index contributed by atoms with van der Waals surface area (Å²) in [6.45, 7) is 1.82. The summed E-state index contributed by atoms with van der Waals surface area (Å²) < 4.78 is 1.62. The van der Waals surface area contributed by atoms with Crippen molar-refractivity contribution >= 4 is 40.3 Å². The zero-order valence-corrected chi connectivity index (χ0v) is 14.5. The number of aromatic nitrogens is 3. The normalized spacial score (nSPS) is 13.6. The standard InChI is InChI=1S/C18H21N7O/c1-2-17(26)23-13-5-3-4-12(8-13)22-16-9-14(21-11-6-7-11)18-20-10-15(19)25(18)24-16/h3-5,8-11,21H,2,6-7,19H2,1H3,(H,22,24)(H,23,26). The Morgan fingerprint density at radius 1 is 1.31 bits per heavy atom. The fourth-order valence-electron chi connectivity index (χ4n) is 2.67. The molecule has 0 spiro atoms. The molecule has 1 amide bonds. The van der Waals surface area contributed by atoms with Crippen molar-refractivity contribution in [3.8, 4) is 0 Å². The van der Waals surface area contributed by atoms with Gasteiger partial charge in [0.25, 0.3) is 0 Å². The van der Waals surface area contributed by atoms with E-state index in [9.17, 15) is 4.79 Å². The van der Waals surface area contributed by atoms with E-state index in [1.54, 1.807) is 10.7 Å². The Labute approximate surface area is 150 Å². The first-order chi connectivity index (χ1) is 12.6. The Morgan fingerprint density at radius 3 is 2.88 bits per heavy atom. The summed E-state index contributed by atoms with van der Waals surface area (Å²) in [6.07, 6.45) is 4.36. The zero-order valence-electron chi connectivity index (χ0n) is 14.5. The fourth-order valence-corrected chi connectivity index (χ4v) is 2.67. The average Bonchev–Trinajstić information content (AvgIpc) is 3.37. The van der Waals surface area contributed by atoms with Gasteiger partial charge < -0.3 is 21.7 Å². The number of nitrogen functional groups attached to an aromatic ring is 1. The van der Waals surface area contributed by atoms with Gasteiger partial charge in [-0.25, -0.2) is 4.98 Å². The molecular formula is C18H21N7O. The number of hydrogen-bond acceptors (Lipinski definition) is 6. The summed E-state index contributed by atoms with van der Waals surface area (Å²) in [5.74, 6) is 1.10. The molecule has 0 aliphatic heterocycles. The third kappa shape index (κ3) is 3.39. The van der Waals surface area contributed by atoms with E-state index in [1.165, 1.54) is 0 Å². The number of anilines is 5. The molecule has 2 aromatic heterocycles. The summed E-state index contributed by atoms with van der Waals surface area (Å²) in [7, 11) is 0. The molecule has 26 heavy (non-hydrogen) atoms. The van der Waals surface area contributed by atoms with Crippen molar-refractivity contribution in [1.82, 2.24) is 14.6 Å². The lowest BCUT2D eigenvalue weighted by molar-refractivity contribution is -0.115. The first-order valence-corrected chi connectivity index (χ1v) is 8.70. The molecule has 5 N–H and O–H groups in total. The number of carbonyl (C=O) groups is 1. The highest BCUT2D eigenvalue weighted by Crippen LogP contribution is 2.29. The molecule has 8 nitrogen and oxygen atoms in total. The second-order valence-electron chi connectivity index (χ2n) is 6.39. The van der Waals surface area contributed by atoms with Gasteiger partial charge in [-0.1, -0.05) is 13.0 Å². The summed E-state index contributed by atoms with van der Waals surface area (Å²) in [6, 6.07) is 9.92. The molecule has 0 bridgehead atoms. The quantitative estimate of drug-likeness (QED) is 0.543. The number of benzene rings is 1. The summed E-state index contributed by atoms with van der Waals surface area (Å²) in [5, 5.41) is 14.1. The van der Waals surface area contributed by atoms with E-state index >= 15 is 0 Å². The number of fused-ring (bicyclic) bond motifs is 1. The van der Waals surface area contributed by atoms with Crippen LogP contribution in [0.5, 0.6) is 0 Å². The van der Waals surface area contributed by atoms with E-state index < -0.39 is 0 Å². The van der Waals surface area contributed by atoms with Crippen molar-refractivity contribution in [2.45, 2.75) is 32.2 Å². The summed E-state index contributed by atoms with van der Waals surface area (Å²) >= 11 is 0. The number of carbonyl (C=O) groups excluding carboxylic acids is 1. The lowest BCUT2D eigenvalue weighted by atomic mass is 10.2. The molecule has 1 aliphatic carbocycles. The van der Waals surface area contributed by atoms with E-state index in [-0.39, 0.29) is 5.91 Å². The molecule has 2 heterocycles. The zero-order chi connectivity index (χ0) is 18.1. The number of amides is 1. The lowest BCUT2D eigenvalue weighted by Crippen LogP contribution is -2.10. The van der Waals surface area contributed by atoms with Crippen LogP contribution in [0.3, 0.4) is 0 Å². The van der Waals surface area contributed by atoms with Crippen LogP contribution < -0.4 is 21.7 Å². The minimum atomic E-state index is -0.0243. The van der Waals surface area contributed by atoms with E-state index in [1.807, 2.05) is 37.3 Å². The maximum absolute atomic E-state index is 11.6. The first-order valence-electron chi connectivity index (χ1n) is 8.70. The second kappa shape index (κ2) is 6.55. The van der Waals surface area contributed by atoms with Gasteiger partial charge >= 0.3 is 0 Å². The molecule has 0 unspecified atom stereocenters. The highest BCUT2D eigenvalue weighted by molar-refractivity contribution is 5.91. The van der Waals surface area contributed by atoms with Gasteiger partial charge in [0.1, 0.15) is 5.82 Å².